The molecule has 0 spiro atoms. The maximum Gasteiger partial charge on any atom is 0.225 e. The van der Waals surface area contributed by atoms with E-state index in [0.717, 1.165) is 31.5 Å². The van der Waals surface area contributed by atoms with E-state index < -0.39 is 0 Å². The van der Waals surface area contributed by atoms with Crippen molar-refractivity contribution in [3.05, 3.63) is 18.0 Å². The quantitative estimate of drug-likeness (QED) is 0.792. The number of rotatable bonds is 6. The van der Waals surface area contributed by atoms with Gasteiger partial charge in [-0.3, -0.25) is 0 Å². The predicted molar refractivity (Wildman–Crippen MR) is 104 cm³/mol. The van der Waals surface area contributed by atoms with E-state index in [2.05, 4.69) is 45.6 Å². The van der Waals surface area contributed by atoms with Crippen LogP contribution in [0.4, 0.5) is 5.95 Å². The zero-order chi connectivity index (χ0) is 17.6. The van der Waals surface area contributed by atoms with E-state index in [1.54, 1.807) is 0 Å². The van der Waals surface area contributed by atoms with Crippen molar-refractivity contribution in [3.63, 3.8) is 0 Å². The predicted octanol–water partition coefficient (Wildman–Crippen LogP) is 3.02. The SMILES string of the molecule is CC(C)N1CCC(CN(C)Cc2cnc(N3CCCCC3)nc2)CC1. The molecule has 0 atom stereocenters. The van der Waals surface area contributed by atoms with Gasteiger partial charge in [-0.05, 0) is 72.0 Å². The number of hydrogen-bond acceptors (Lipinski definition) is 5. The molecule has 0 aromatic carbocycles. The summed E-state index contributed by atoms with van der Waals surface area (Å²) in [6.45, 7) is 11.5. The van der Waals surface area contributed by atoms with Crippen molar-refractivity contribution in [2.75, 3.05) is 44.7 Å². The molecule has 5 heteroatoms. The Hall–Kier alpha value is -1.20. The maximum absolute atomic E-state index is 4.61. The summed E-state index contributed by atoms with van der Waals surface area (Å²) in [5, 5.41) is 0. The lowest BCUT2D eigenvalue weighted by Crippen LogP contribution is -2.41. The topological polar surface area (TPSA) is 35.5 Å². The number of piperidine rings is 2. The highest BCUT2D eigenvalue weighted by Crippen LogP contribution is 2.20. The minimum Gasteiger partial charge on any atom is -0.341 e. The lowest BCUT2D eigenvalue weighted by molar-refractivity contribution is 0.127. The third-order valence-electron chi connectivity index (χ3n) is 5.73. The molecule has 3 heterocycles. The second kappa shape index (κ2) is 8.95. The molecule has 0 N–H and O–H groups in total. The maximum atomic E-state index is 4.61. The van der Waals surface area contributed by atoms with Gasteiger partial charge in [-0.15, -0.1) is 0 Å². The fraction of sp³-hybridized carbons (Fsp3) is 0.800. The molecule has 1 aromatic rings. The number of hydrogen-bond donors (Lipinski definition) is 0. The van der Waals surface area contributed by atoms with Crippen LogP contribution < -0.4 is 4.90 Å². The van der Waals surface area contributed by atoms with Crippen LogP contribution in [0.25, 0.3) is 0 Å². The third-order valence-corrected chi connectivity index (χ3v) is 5.73. The zero-order valence-corrected chi connectivity index (χ0v) is 16.3. The fourth-order valence-electron chi connectivity index (χ4n) is 4.16. The Balaban J connectivity index is 1.44. The van der Waals surface area contributed by atoms with Crippen LogP contribution in [-0.4, -0.2) is 65.6 Å². The van der Waals surface area contributed by atoms with Gasteiger partial charge in [0, 0.05) is 50.2 Å². The van der Waals surface area contributed by atoms with Gasteiger partial charge in [0.1, 0.15) is 0 Å². The van der Waals surface area contributed by atoms with Gasteiger partial charge in [0.05, 0.1) is 0 Å². The van der Waals surface area contributed by atoms with Crippen molar-refractivity contribution in [2.24, 2.45) is 5.92 Å². The average Bonchev–Trinajstić information content (AvgIpc) is 2.63. The van der Waals surface area contributed by atoms with E-state index in [0.29, 0.717) is 6.04 Å². The molecule has 2 saturated heterocycles. The zero-order valence-electron chi connectivity index (χ0n) is 16.3. The van der Waals surface area contributed by atoms with Crippen molar-refractivity contribution in [3.8, 4) is 0 Å². The minimum absolute atomic E-state index is 0.689. The largest absolute Gasteiger partial charge is 0.341 e. The highest BCUT2D eigenvalue weighted by Gasteiger charge is 2.22. The van der Waals surface area contributed by atoms with Gasteiger partial charge >= 0.3 is 0 Å². The molecule has 140 valence electrons. The van der Waals surface area contributed by atoms with E-state index in [4.69, 9.17) is 0 Å². The lowest BCUT2D eigenvalue weighted by Gasteiger charge is -2.36. The first-order valence-corrected chi connectivity index (χ1v) is 10.1. The number of aromatic nitrogens is 2. The molecule has 2 fully saturated rings. The summed E-state index contributed by atoms with van der Waals surface area (Å²) in [4.78, 5) is 16.6. The normalized spacial score (nSPS) is 20.6. The summed E-state index contributed by atoms with van der Waals surface area (Å²) in [5.41, 5.74) is 1.22. The molecular weight excluding hydrogens is 310 g/mol. The molecular formula is C20H35N5. The Labute approximate surface area is 153 Å². The Kier molecular flexibility index (Phi) is 6.65. The van der Waals surface area contributed by atoms with Gasteiger partial charge < -0.3 is 14.7 Å². The summed E-state index contributed by atoms with van der Waals surface area (Å²) in [7, 11) is 2.23. The highest BCUT2D eigenvalue weighted by atomic mass is 15.2. The molecule has 0 saturated carbocycles. The van der Waals surface area contributed by atoms with E-state index in [9.17, 15) is 0 Å². The molecule has 0 bridgehead atoms. The molecule has 0 aliphatic carbocycles. The van der Waals surface area contributed by atoms with Crippen LogP contribution in [-0.2, 0) is 6.54 Å². The smallest absolute Gasteiger partial charge is 0.225 e. The third kappa shape index (κ3) is 5.38. The van der Waals surface area contributed by atoms with Crippen LogP contribution in [0, 0.1) is 5.92 Å². The Morgan fingerprint density at radius 1 is 1.04 bits per heavy atom. The molecule has 25 heavy (non-hydrogen) atoms. The monoisotopic (exact) mass is 345 g/mol. The molecule has 0 amide bonds. The van der Waals surface area contributed by atoms with Gasteiger partial charge in [0.15, 0.2) is 0 Å². The van der Waals surface area contributed by atoms with Crippen LogP contribution in [0.2, 0.25) is 0 Å². The molecule has 2 aliphatic rings. The van der Waals surface area contributed by atoms with Gasteiger partial charge in [0.25, 0.3) is 0 Å². The van der Waals surface area contributed by atoms with Crippen LogP contribution in [0.5, 0.6) is 0 Å². The van der Waals surface area contributed by atoms with Crippen molar-refractivity contribution >= 4 is 5.95 Å². The number of anilines is 1. The summed E-state index contributed by atoms with van der Waals surface area (Å²) >= 11 is 0. The summed E-state index contributed by atoms with van der Waals surface area (Å²) in [5.74, 6) is 1.74. The minimum atomic E-state index is 0.689. The van der Waals surface area contributed by atoms with Crippen molar-refractivity contribution < 1.29 is 0 Å². The lowest BCUT2D eigenvalue weighted by atomic mass is 9.95. The molecule has 0 unspecified atom stereocenters. The van der Waals surface area contributed by atoms with Crippen LogP contribution >= 0.6 is 0 Å². The van der Waals surface area contributed by atoms with Crippen molar-refractivity contribution in [2.45, 2.75) is 58.5 Å². The standard InChI is InChI=1S/C20H35N5/c1-17(2)24-11-7-18(8-12-24)15-23(3)16-19-13-21-20(22-14-19)25-9-5-4-6-10-25/h13-14,17-18H,4-12,15-16H2,1-3H3. The van der Waals surface area contributed by atoms with E-state index in [1.807, 2.05) is 12.4 Å². The van der Waals surface area contributed by atoms with Crippen molar-refractivity contribution in [1.82, 2.24) is 19.8 Å². The molecule has 5 nitrogen and oxygen atoms in total. The second-order valence-electron chi connectivity index (χ2n) is 8.21. The molecule has 3 rings (SSSR count). The van der Waals surface area contributed by atoms with E-state index in [-0.39, 0.29) is 0 Å². The van der Waals surface area contributed by atoms with Crippen molar-refractivity contribution in [1.29, 1.82) is 0 Å². The van der Waals surface area contributed by atoms with Gasteiger partial charge in [-0.2, -0.15) is 0 Å². The van der Waals surface area contributed by atoms with Gasteiger partial charge in [-0.25, -0.2) is 9.97 Å². The van der Waals surface area contributed by atoms with Gasteiger partial charge in [-0.1, -0.05) is 0 Å². The summed E-state index contributed by atoms with van der Waals surface area (Å²) in [6.07, 6.45) is 10.6. The fourth-order valence-corrected chi connectivity index (χ4v) is 4.16. The molecule has 1 aromatic heterocycles. The summed E-state index contributed by atoms with van der Waals surface area (Å²) in [6, 6.07) is 0.689. The van der Waals surface area contributed by atoms with E-state index in [1.165, 1.54) is 57.3 Å². The van der Waals surface area contributed by atoms with Gasteiger partial charge in [0.2, 0.25) is 5.95 Å². The average molecular weight is 346 g/mol. The first-order valence-electron chi connectivity index (χ1n) is 10.1. The van der Waals surface area contributed by atoms with Crippen LogP contribution in [0.15, 0.2) is 12.4 Å². The Bertz CT molecular complexity index is 501. The number of nitrogens with zero attached hydrogens (tertiary/aromatic N) is 5. The van der Waals surface area contributed by atoms with Crippen LogP contribution in [0.1, 0.15) is 51.5 Å². The highest BCUT2D eigenvalue weighted by molar-refractivity contribution is 5.30. The Morgan fingerprint density at radius 2 is 1.68 bits per heavy atom. The second-order valence-corrected chi connectivity index (χ2v) is 8.21. The van der Waals surface area contributed by atoms with Crippen LogP contribution in [0.3, 0.4) is 0 Å². The molecule has 0 radical (unpaired) electrons. The molecule has 2 aliphatic heterocycles. The summed E-state index contributed by atoms with van der Waals surface area (Å²) < 4.78 is 0. The first kappa shape index (κ1) is 18.6. The van der Waals surface area contributed by atoms with E-state index >= 15 is 0 Å². The number of likely N-dealkylation sites (tertiary alicyclic amines) is 1. The first-order chi connectivity index (χ1) is 12.1. The Morgan fingerprint density at radius 3 is 2.28 bits per heavy atom.